The zero-order valence-corrected chi connectivity index (χ0v) is 9.82. The molecule has 1 aliphatic rings. The first-order valence-corrected chi connectivity index (χ1v) is 5.89. The number of hydrogen-bond donors (Lipinski definition) is 1. The molecule has 0 bridgehead atoms. The predicted octanol–water partition coefficient (Wildman–Crippen LogP) is 2.75. The molecule has 3 heteroatoms. The molecule has 0 spiro atoms. The molecule has 0 aromatic heterocycles. The van der Waals surface area contributed by atoms with Gasteiger partial charge in [0, 0.05) is 12.1 Å². The van der Waals surface area contributed by atoms with Gasteiger partial charge in [0.2, 0.25) is 5.91 Å². The van der Waals surface area contributed by atoms with Crippen molar-refractivity contribution in [1.29, 1.82) is 0 Å². The Morgan fingerprint density at radius 2 is 2.29 bits per heavy atom. The van der Waals surface area contributed by atoms with Gasteiger partial charge in [0.15, 0.2) is 0 Å². The van der Waals surface area contributed by atoms with Crippen LogP contribution in [0, 0.1) is 11.7 Å². The maximum atomic E-state index is 12.9. The lowest BCUT2D eigenvalue weighted by atomic mass is 10.2. The van der Waals surface area contributed by atoms with Crippen LogP contribution < -0.4 is 5.32 Å². The summed E-state index contributed by atoms with van der Waals surface area (Å²) in [5.74, 6) is 0.231. The average Bonchev–Trinajstić information content (AvgIpc) is 3.10. The van der Waals surface area contributed by atoms with Gasteiger partial charge in [0.1, 0.15) is 5.82 Å². The summed E-state index contributed by atoms with van der Waals surface area (Å²) in [6, 6.07) is 6.40. The van der Waals surface area contributed by atoms with Crippen LogP contribution in [0.4, 0.5) is 4.39 Å². The first-order valence-electron chi connectivity index (χ1n) is 5.89. The molecule has 1 saturated carbocycles. The van der Waals surface area contributed by atoms with Crippen LogP contribution >= 0.6 is 0 Å². The molecule has 0 radical (unpaired) electrons. The molecular weight excluding hydrogens is 217 g/mol. The molecule has 2 nitrogen and oxygen atoms in total. The van der Waals surface area contributed by atoms with E-state index in [-0.39, 0.29) is 17.8 Å². The zero-order chi connectivity index (χ0) is 12.3. The van der Waals surface area contributed by atoms with E-state index in [1.54, 1.807) is 18.2 Å². The highest BCUT2D eigenvalue weighted by atomic mass is 19.1. The Kier molecular flexibility index (Phi) is 3.57. The van der Waals surface area contributed by atoms with Crippen molar-refractivity contribution in [3.05, 3.63) is 41.7 Å². The fourth-order valence-corrected chi connectivity index (χ4v) is 1.77. The molecule has 0 saturated heterocycles. The van der Waals surface area contributed by atoms with Crippen molar-refractivity contribution >= 4 is 12.0 Å². The van der Waals surface area contributed by atoms with E-state index >= 15 is 0 Å². The van der Waals surface area contributed by atoms with Crippen molar-refractivity contribution in [3.8, 4) is 0 Å². The number of amides is 1. The summed E-state index contributed by atoms with van der Waals surface area (Å²) in [5, 5.41) is 2.91. The van der Waals surface area contributed by atoms with Crippen molar-refractivity contribution in [2.24, 2.45) is 5.92 Å². The summed E-state index contributed by atoms with van der Waals surface area (Å²) in [6.07, 6.45) is 5.48. The smallest absolute Gasteiger partial charge is 0.244 e. The summed E-state index contributed by atoms with van der Waals surface area (Å²) >= 11 is 0. The minimum Gasteiger partial charge on any atom is -0.350 e. The van der Waals surface area contributed by atoms with Crippen molar-refractivity contribution in [3.63, 3.8) is 0 Å². The third kappa shape index (κ3) is 3.70. The minimum absolute atomic E-state index is 0.117. The van der Waals surface area contributed by atoms with E-state index in [0.717, 1.165) is 0 Å². The largest absolute Gasteiger partial charge is 0.350 e. The Hall–Kier alpha value is -1.64. The molecule has 90 valence electrons. The molecule has 1 amide bonds. The Morgan fingerprint density at radius 3 is 2.94 bits per heavy atom. The van der Waals surface area contributed by atoms with Crippen LogP contribution in [0.15, 0.2) is 30.3 Å². The third-order valence-electron chi connectivity index (χ3n) is 2.97. The second-order valence-corrected chi connectivity index (χ2v) is 4.52. The van der Waals surface area contributed by atoms with Crippen LogP contribution in [0.1, 0.15) is 25.3 Å². The van der Waals surface area contributed by atoms with Gasteiger partial charge in [0.25, 0.3) is 0 Å². The maximum Gasteiger partial charge on any atom is 0.244 e. The first kappa shape index (κ1) is 11.8. The molecule has 1 fully saturated rings. The van der Waals surface area contributed by atoms with Crippen molar-refractivity contribution in [1.82, 2.24) is 5.32 Å². The van der Waals surface area contributed by atoms with Gasteiger partial charge >= 0.3 is 0 Å². The molecule has 1 aromatic rings. The Bertz CT molecular complexity index is 438. The SMILES string of the molecule is CC(NC(=O)C=Cc1cccc(F)c1)C1CC1. The van der Waals surface area contributed by atoms with Gasteiger partial charge in [-0.25, -0.2) is 4.39 Å². The average molecular weight is 233 g/mol. The second-order valence-electron chi connectivity index (χ2n) is 4.52. The van der Waals surface area contributed by atoms with Gasteiger partial charge in [-0.05, 0) is 49.5 Å². The molecule has 1 atom stereocenters. The van der Waals surface area contributed by atoms with E-state index in [4.69, 9.17) is 0 Å². The lowest BCUT2D eigenvalue weighted by Gasteiger charge is -2.10. The predicted molar refractivity (Wildman–Crippen MR) is 65.8 cm³/mol. The van der Waals surface area contributed by atoms with E-state index in [2.05, 4.69) is 5.32 Å². The van der Waals surface area contributed by atoms with Crippen LogP contribution in [0.25, 0.3) is 6.08 Å². The number of hydrogen-bond acceptors (Lipinski definition) is 1. The van der Waals surface area contributed by atoms with Crippen LogP contribution in [-0.2, 0) is 4.79 Å². The molecule has 17 heavy (non-hydrogen) atoms. The van der Waals surface area contributed by atoms with Crippen LogP contribution in [0.5, 0.6) is 0 Å². The molecule has 1 N–H and O–H groups in total. The van der Waals surface area contributed by atoms with E-state index in [1.807, 2.05) is 6.92 Å². The number of benzene rings is 1. The fraction of sp³-hybridized carbons (Fsp3) is 0.357. The fourth-order valence-electron chi connectivity index (χ4n) is 1.77. The van der Waals surface area contributed by atoms with E-state index in [9.17, 15) is 9.18 Å². The van der Waals surface area contributed by atoms with Gasteiger partial charge in [-0.1, -0.05) is 12.1 Å². The van der Waals surface area contributed by atoms with Gasteiger partial charge in [-0.15, -0.1) is 0 Å². The number of rotatable bonds is 4. The van der Waals surface area contributed by atoms with Gasteiger partial charge in [0.05, 0.1) is 0 Å². The number of halogens is 1. The molecule has 1 aromatic carbocycles. The summed E-state index contributed by atoms with van der Waals surface area (Å²) in [5.41, 5.74) is 0.694. The van der Waals surface area contributed by atoms with Crippen molar-refractivity contribution in [2.45, 2.75) is 25.8 Å². The normalized spacial score (nSPS) is 17.1. The maximum absolute atomic E-state index is 12.9. The summed E-state index contributed by atoms with van der Waals surface area (Å²) in [4.78, 5) is 11.6. The van der Waals surface area contributed by atoms with Crippen molar-refractivity contribution in [2.75, 3.05) is 0 Å². The molecule has 2 rings (SSSR count). The Balaban J connectivity index is 1.88. The third-order valence-corrected chi connectivity index (χ3v) is 2.97. The zero-order valence-electron chi connectivity index (χ0n) is 9.82. The highest BCUT2D eigenvalue weighted by molar-refractivity contribution is 5.91. The quantitative estimate of drug-likeness (QED) is 0.796. The molecule has 0 heterocycles. The highest BCUT2D eigenvalue weighted by Crippen LogP contribution is 2.32. The van der Waals surface area contributed by atoms with Crippen LogP contribution in [0.3, 0.4) is 0 Å². The minimum atomic E-state index is -0.293. The van der Waals surface area contributed by atoms with Crippen LogP contribution in [-0.4, -0.2) is 11.9 Å². The number of carbonyl (C=O) groups is 1. The summed E-state index contributed by atoms with van der Waals surface area (Å²) in [7, 11) is 0. The summed E-state index contributed by atoms with van der Waals surface area (Å²) < 4.78 is 12.9. The lowest BCUT2D eigenvalue weighted by Crippen LogP contribution is -2.32. The van der Waals surface area contributed by atoms with Crippen LogP contribution in [0.2, 0.25) is 0 Å². The van der Waals surface area contributed by atoms with E-state index in [0.29, 0.717) is 11.5 Å². The number of nitrogens with one attached hydrogen (secondary N) is 1. The monoisotopic (exact) mass is 233 g/mol. The van der Waals surface area contributed by atoms with E-state index in [1.165, 1.54) is 31.1 Å². The molecule has 0 aliphatic heterocycles. The lowest BCUT2D eigenvalue weighted by molar-refractivity contribution is -0.117. The van der Waals surface area contributed by atoms with Gasteiger partial charge in [-0.3, -0.25) is 4.79 Å². The topological polar surface area (TPSA) is 29.1 Å². The summed E-state index contributed by atoms with van der Waals surface area (Å²) in [6.45, 7) is 2.02. The Morgan fingerprint density at radius 1 is 1.53 bits per heavy atom. The standard InChI is InChI=1S/C14H16FNO/c1-10(12-6-7-12)16-14(17)8-5-11-3-2-4-13(15)9-11/h2-5,8-10,12H,6-7H2,1H3,(H,16,17). The second kappa shape index (κ2) is 5.13. The highest BCUT2D eigenvalue weighted by Gasteiger charge is 2.28. The molecule has 1 unspecified atom stereocenters. The van der Waals surface area contributed by atoms with E-state index < -0.39 is 0 Å². The molecular formula is C14H16FNO. The first-order chi connectivity index (χ1) is 8.15. The Labute approximate surface area is 101 Å². The van der Waals surface area contributed by atoms with Gasteiger partial charge < -0.3 is 5.32 Å². The van der Waals surface area contributed by atoms with Crippen molar-refractivity contribution < 1.29 is 9.18 Å². The molecule has 1 aliphatic carbocycles. The number of carbonyl (C=O) groups excluding carboxylic acids is 1. The van der Waals surface area contributed by atoms with Gasteiger partial charge in [-0.2, -0.15) is 0 Å².